The number of pyridine rings is 2. The van der Waals surface area contributed by atoms with Crippen molar-refractivity contribution in [3.8, 4) is 23.0 Å². The van der Waals surface area contributed by atoms with Gasteiger partial charge in [-0.1, -0.05) is 24.3 Å². The first-order valence-corrected chi connectivity index (χ1v) is 20.3. The second-order valence-electron chi connectivity index (χ2n) is 13.1. The van der Waals surface area contributed by atoms with Crippen LogP contribution < -0.4 is 31.2 Å². The molecule has 0 radical (unpaired) electrons. The van der Waals surface area contributed by atoms with Crippen molar-refractivity contribution in [1.29, 1.82) is 0 Å². The molecule has 2 aliphatic rings. The molecule has 6 aromatic rings. The van der Waals surface area contributed by atoms with Crippen molar-refractivity contribution in [3.05, 3.63) is 105 Å². The molecule has 17 heteroatoms. The molecular formula is C38H38F2N8O5S2. The van der Waals surface area contributed by atoms with E-state index in [1.54, 1.807) is 56.8 Å². The molecule has 286 valence electrons. The van der Waals surface area contributed by atoms with E-state index in [1.165, 1.54) is 39.5 Å². The van der Waals surface area contributed by atoms with Crippen LogP contribution in [0.3, 0.4) is 0 Å². The minimum atomic E-state index is -0.736. The molecule has 0 saturated carbocycles. The van der Waals surface area contributed by atoms with Crippen LogP contribution in [-0.4, -0.2) is 68.4 Å². The zero-order chi connectivity index (χ0) is 38.5. The third-order valence-corrected chi connectivity index (χ3v) is 11.7. The summed E-state index contributed by atoms with van der Waals surface area (Å²) in [6.07, 6.45) is 6.97. The molecule has 2 aliphatic heterocycles. The molecule has 0 atom stereocenters. The van der Waals surface area contributed by atoms with Crippen molar-refractivity contribution in [2.75, 3.05) is 33.6 Å². The van der Waals surface area contributed by atoms with Gasteiger partial charge in [-0.25, -0.2) is 18.7 Å². The lowest BCUT2D eigenvalue weighted by Crippen LogP contribution is -2.30. The second-order valence-corrected chi connectivity index (χ2v) is 16.0. The maximum absolute atomic E-state index is 13.8. The number of hydrogen-bond donors (Lipinski definition) is 2. The smallest absolute Gasteiger partial charge is 0.294 e. The van der Waals surface area contributed by atoms with Crippen LogP contribution in [-0.2, 0) is 24.9 Å². The number of rotatable bonds is 8. The van der Waals surface area contributed by atoms with Crippen LogP contribution in [0.15, 0.2) is 82.6 Å². The third-order valence-electron chi connectivity index (χ3n) is 9.22. The maximum Gasteiger partial charge on any atom is 0.294 e. The van der Waals surface area contributed by atoms with Gasteiger partial charge in [0, 0.05) is 71.7 Å². The molecule has 55 heavy (non-hydrogen) atoms. The van der Waals surface area contributed by atoms with Crippen molar-refractivity contribution < 1.29 is 22.5 Å². The Hall–Kier alpha value is -5.42. The SMILES string of the molecule is Cn1c(=O)c(Oc2ccccc2F)cc2cnc(NC3CCS(=O)CC3)nc21.Cn1c(=O)c(Oc2ccccc2F)cc2cnc(NC3CCSCC3)nc21. The van der Waals surface area contributed by atoms with Crippen LogP contribution in [0.5, 0.6) is 23.0 Å². The normalized spacial score (nSPS) is 17.3. The number of anilines is 2. The van der Waals surface area contributed by atoms with Gasteiger partial charge >= 0.3 is 0 Å². The summed E-state index contributed by atoms with van der Waals surface area (Å²) in [5, 5.41) is 7.85. The summed E-state index contributed by atoms with van der Waals surface area (Å²) in [4.78, 5) is 42.9. The van der Waals surface area contributed by atoms with Crippen LogP contribution in [0.1, 0.15) is 25.7 Å². The van der Waals surface area contributed by atoms with Gasteiger partial charge in [-0.05, 0) is 73.6 Å². The number of benzene rings is 2. The Morgan fingerprint density at radius 1 is 0.691 bits per heavy atom. The molecule has 8 rings (SSSR count). The van der Waals surface area contributed by atoms with E-state index in [-0.39, 0.29) is 34.6 Å². The summed E-state index contributed by atoms with van der Waals surface area (Å²) in [5.74, 6) is 3.45. The summed E-state index contributed by atoms with van der Waals surface area (Å²) in [6, 6.07) is 15.4. The Balaban J connectivity index is 0.000000169. The van der Waals surface area contributed by atoms with Crippen molar-refractivity contribution in [3.63, 3.8) is 0 Å². The number of aromatic nitrogens is 6. The lowest BCUT2D eigenvalue weighted by molar-refractivity contribution is 0.434. The summed E-state index contributed by atoms with van der Waals surface area (Å²) in [5.41, 5.74) is 0.143. The molecule has 0 unspecified atom stereocenters. The van der Waals surface area contributed by atoms with E-state index in [0.717, 1.165) is 37.2 Å². The molecular weight excluding hydrogens is 751 g/mol. The molecule has 2 aromatic carbocycles. The van der Waals surface area contributed by atoms with Gasteiger partial charge in [0.25, 0.3) is 11.1 Å². The van der Waals surface area contributed by atoms with E-state index in [4.69, 9.17) is 9.47 Å². The number of fused-ring (bicyclic) bond motifs is 2. The molecule has 0 spiro atoms. The molecule has 2 N–H and O–H groups in total. The molecule has 4 aromatic heterocycles. The lowest BCUT2D eigenvalue weighted by Gasteiger charge is -2.22. The van der Waals surface area contributed by atoms with Crippen LogP contribution in [0.2, 0.25) is 0 Å². The first-order chi connectivity index (χ1) is 26.6. The molecule has 0 bridgehead atoms. The highest BCUT2D eigenvalue weighted by atomic mass is 32.2. The van der Waals surface area contributed by atoms with Gasteiger partial charge < -0.3 is 20.1 Å². The van der Waals surface area contributed by atoms with Gasteiger partial charge in [0.15, 0.2) is 34.6 Å². The Bertz CT molecular complexity index is 2490. The summed E-state index contributed by atoms with van der Waals surface area (Å²) in [6.45, 7) is 0. The van der Waals surface area contributed by atoms with E-state index in [0.29, 0.717) is 51.5 Å². The minimum Gasteiger partial charge on any atom is -0.448 e. The summed E-state index contributed by atoms with van der Waals surface area (Å²) in [7, 11) is 2.46. The zero-order valence-corrected chi connectivity index (χ0v) is 31.7. The Morgan fingerprint density at radius 3 is 1.58 bits per heavy atom. The molecule has 0 aliphatic carbocycles. The molecule has 2 fully saturated rings. The predicted octanol–water partition coefficient (Wildman–Crippen LogP) is 6.15. The standard InChI is InChI=1S/C19H19FN4O3S.C19H19FN4O2S/c1-24-17-12(10-16(18(24)25)27-15-5-3-2-4-14(15)20)11-21-19(23-17)22-13-6-8-28(26)9-7-13;1-24-17-12(11-21-19(23-17)22-13-6-8-27-9-7-13)10-16(18(24)25)26-15-5-3-2-4-14(15)20/h2-5,10-11,13H,6-9H2,1H3,(H,21,22,23);2-5,10-11,13H,6-9H2,1H3,(H,21,22,23). The zero-order valence-electron chi connectivity index (χ0n) is 30.0. The number of ether oxygens (including phenoxy) is 2. The Morgan fingerprint density at radius 2 is 1.13 bits per heavy atom. The van der Waals surface area contributed by atoms with E-state index < -0.39 is 28.0 Å². The number of thioether (sulfide) groups is 1. The highest BCUT2D eigenvalue weighted by molar-refractivity contribution is 7.99. The average molecular weight is 789 g/mol. The quantitative estimate of drug-likeness (QED) is 0.182. The number of hydrogen-bond acceptors (Lipinski definition) is 12. The van der Waals surface area contributed by atoms with Gasteiger partial charge in [0.2, 0.25) is 11.9 Å². The fraction of sp³-hybridized carbons (Fsp3) is 0.316. The van der Waals surface area contributed by atoms with Crippen molar-refractivity contribution >= 4 is 56.5 Å². The van der Waals surface area contributed by atoms with Gasteiger partial charge in [-0.3, -0.25) is 22.9 Å². The van der Waals surface area contributed by atoms with E-state index in [2.05, 4.69) is 30.6 Å². The number of aryl methyl sites for hydroxylation is 2. The molecule has 13 nitrogen and oxygen atoms in total. The predicted molar refractivity (Wildman–Crippen MR) is 211 cm³/mol. The maximum atomic E-state index is 13.8. The number of halogens is 2. The third kappa shape index (κ3) is 8.94. The van der Waals surface area contributed by atoms with Crippen LogP contribution in [0, 0.1) is 11.6 Å². The van der Waals surface area contributed by atoms with Crippen molar-refractivity contribution in [2.24, 2.45) is 14.1 Å². The average Bonchev–Trinajstić information content (AvgIpc) is 3.19. The van der Waals surface area contributed by atoms with Gasteiger partial charge in [0.05, 0.1) is 0 Å². The summed E-state index contributed by atoms with van der Waals surface area (Å²) >= 11 is 1.95. The van der Waals surface area contributed by atoms with Gasteiger partial charge in [-0.15, -0.1) is 0 Å². The van der Waals surface area contributed by atoms with Gasteiger partial charge in [0.1, 0.15) is 11.3 Å². The largest absolute Gasteiger partial charge is 0.448 e. The van der Waals surface area contributed by atoms with Crippen molar-refractivity contribution in [1.82, 2.24) is 29.1 Å². The van der Waals surface area contributed by atoms with Crippen molar-refractivity contribution in [2.45, 2.75) is 37.8 Å². The monoisotopic (exact) mass is 788 g/mol. The minimum absolute atomic E-state index is 0.000769. The van der Waals surface area contributed by atoms with Gasteiger partial charge in [-0.2, -0.15) is 21.7 Å². The number of nitrogens with zero attached hydrogens (tertiary/aromatic N) is 6. The van der Waals surface area contributed by atoms with E-state index in [1.807, 2.05) is 11.8 Å². The number of nitrogens with one attached hydrogen (secondary N) is 2. The van der Waals surface area contributed by atoms with E-state index in [9.17, 15) is 22.6 Å². The lowest BCUT2D eigenvalue weighted by atomic mass is 10.2. The Kier molecular flexibility index (Phi) is 11.7. The summed E-state index contributed by atoms with van der Waals surface area (Å²) < 4.78 is 52.9. The van der Waals surface area contributed by atoms with Crippen LogP contribution in [0.25, 0.3) is 22.1 Å². The van der Waals surface area contributed by atoms with Crippen LogP contribution in [0.4, 0.5) is 20.7 Å². The topological polar surface area (TPSA) is 155 Å². The second kappa shape index (κ2) is 16.9. The molecule has 0 amide bonds. The molecule has 6 heterocycles. The molecule has 2 saturated heterocycles. The first kappa shape index (κ1) is 37.9. The highest BCUT2D eigenvalue weighted by Gasteiger charge is 2.20. The number of para-hydroxylation sites is 2. The van der Waals surface area contributed by atoms with E-state index >= 15 is 0 Å². The first-order valence-electron chi connectivity index (χ1n) is 17.7. The highest BCUT2D eigenvalue weighted by Crippen LogP contribution is 2.26. The fourth-order valence-electron chi connectivity index (χ4n) is 6.16. The fourth-order valence-corrected chi connectivity index (χ4v) is 8.56. The van der Waals surface area contributed by atoms with Crippen LogP contribution >= 0.6 is 11.8 Å². The Labute approximate surface area is 321 Å².